The summed E-state index contributed by atoms with van der Waals surface area (Å²) < 4.78 is 0. The number of carboxylic acids is 1. The van der Waals surface area contributed by atoms with Gasteiger partial charge in [-0.15, -0.1) is 0 Å². The summed E-state index contributed by atoms with van der Waals surface area (Å²) in [6.45, 7) is 1.08. The topological polar surface area (TPSA) is 63.1 Å². The summed E-state index contributed by atoms with van der Waals surface area (Å²) in [6.07, 6.45) is 3.54. The first-order valence-electron chi connectivity index (χ1n) is 6.63. The van der Waals surface area contributed by atoms with Gasteiger partial charge in [0.2, 0.25) is 0 Å². The zero-order valence-electron chi connectivity index (χ0n) is 12.6. The van der Waals surface area contributed by atoms with E-state index in [1.54, 1.807) is 12.4 Å². The number of hydrogen-bond acceptors (Lipinski definition) is 3. The van der Waals surface area contributed by atoms with Crippen LogP contribution in [0.25, 0.3) is 11.4 Å². The van der Waals surface area contributed by atoms with E-state index in [0.29, 0.717) is 0 Å². The summed E-state index contributed by atoms with van der Waals surface area (Å²) in [5.74, 6) is -0.833. The Bertz CT molecular complexity index is 567. The molecule has 1 N–H and O–H groups in total. The number of carbonyl (C=O) groups is 1. The van der Waals surface area contributed by atoms with Crippen molar-refractivity contribution in [3.8, 4) is 11.4 Å². The maximum atomic E-state index is 9.00. The smallest absolute Gasteiger partial charge is 0.300 e. The Morgan fingerprint density at radius 3 is 1.52 bits per heavy atom. The molecule has 1 aromatic carbocycles. The van der Waals surface area contributed by atoms with Gasteiger partial charge in [0.1, 0.15) is 0 Å². The van der Waals surface area contributed by atoms with Gasteiger partial charge in [-0.05, 0) is 24.3 Å². The molecule has 5 heteroatoms. The van der Waals surface area contributed by atoms with Crippen molar-refractivity contribution in [2.45, 2.75) is 6.92 Å². The standard InChI is InChI=1S/C10H8N2.C6H5.C2H4O2.Pd/c1-3-7-11-9(5-1)10-6-2-4-8-12-10;1-2-4-6-5-3-1;1-2(3)4;/h1-8H;1-5H;1H3,(H,3,4);/q;-1;;. The van der Waals surface area contributed by atoms with Crippen LogP contribution in [0.3, 0.4) is 0 Å². The molecule has 0 aliphatic carbocycles. The molecule has 0 unspecified atom stereocenters. The van der Waals surface area contributed by atoms with Crippen molar-refractivity contribution in [1.82, 2.24) is 9.97 Å². The van der Waals surface area contributed by atoms with Crippen LogP contribution in [-0.4, -0.2) is 21.0 Å². The number of rotatable bonds is 1. The number of nitrogens with zero attached hydrogens (tertiary/aromatic N) is 2. The minimum atomic E-state index is -0.833. The van der Waals surface area contributed by atoms with E-state index in [2.05, 4.69) is 16.0 Å². The second-order valence-electron chi connectivity index (χ2n) is 4.03. The molecule has 0 amide bonds. The molecule has 3 aromatic rings. The molecule has 0 fully saturated rings. The maximum absolute atomic E-state index is 9.00. The molecule has 3 rings (SSSR count). The molecule has 0 radical (unpaired) electrons. The third-order valence-corrected chi connectivity index (χ3v) is 2.20. The van der Waals surface area contributed by atoms with Crippen molar-refractivity contribution < 1.29 is 30.3 Å². The number of benzene rings is 1. The Kier molecular flexibility index (Phi) is 12.0. The summed E-state index contributed by atoms with van der Waals surface area (Å²) in [7, 11) is 0. The second-order valence-corrected chi connectivity index (χ2v) is 4.03. The quantitative estimate of drug-likeness (QED) is 0.500. The predicted octanol–water partition coefficient (Wildman–Crippen LogP) is 3.72. The van der Waals surface area contributed by atoms with Crippen molar-refractivity contribution in [2.24, 2.45) is 0 Å². The van der Waals surface area contributed by atoms with E-state index in [9.17, 15) is 0 Å². The molecule has 2 aromatic heterocycles. The van der Waals surface area contributed by atoms with E-state index in [1.165, 1.54) is 0 Å². The minimum Gasteiger partial charge on any atom is -0.481 e. The average molecular weight is 400 g/mol. The van der Waals surface area contributed by atoms with Gasteiger partial charge < -0.3 is 5.11 Å². The van der Waals surface area contributed by atoms with E-state index in [1.807, 2.05) is 66.7 Å². The average Bonchev–Trinajstić information content (AvgIpc) is 2.58. The summed E-state index contributed by atoms with van der Waals surface area (Å²) in [6, 6.07) is 24.1. The molecule has 0 saturated carbocycles. The van der Waals surface area contributed by atoms with E-state index >= 15 is 0 Å². The molecule has 0 aliphatic rings. The fraction of sp³-hybridized carbons (Fsp3) is 0.0556. The van der Waals surface area contributed by atoms with Crippen LogP contribution < -0.4 is 0 Å². The molecule has 0 spiro atoms. The SMILES string of the molecule is CC(=O)O.[Pd].[c-]1ccccc1.c1ccc(-c2ccccn2)nc1. The van der Waals surface area contributed by atoms with Gasteiger partial charge >= 0.3 is 0 Å². The van der Waals surface area contributed by atoms with E-state index in [-0.39, 0.29) is 20.4 Å². The monoisotopic (exact) mass is 399 g/mol. The maximum Gasteiger partial charge on any atom is 0.300 e. The summed E-state index contributed by atoms with van der Waals surface area (Å²) in [4.78, 5) is 17.4. The fourth-order valence-corrected chi connectivity index (χ4v) is 1.37. The van der Waals surface area contributed by atoms with Crippen molar-refractivity contribution in [3.05, 3.63) is 85.2 Å². The molecule has 23 heavy (non-hydrogen) atoms. The molecule has 2 heterocycles. The van der Waals surface area contributed by atoms with E-state index in [4.69, 9.17) is 9.90 Å². The summed E-state index contributed by atoms with van der Waals surface area (Å²) in [5, 5.41) is 7.42. The van der Waals surface area contributed by atoms with Crippen LogP contribution in [0.2, 0.25) is 0 Å². The van der Waals surface area contributed by atoms with Gasteiger partial charge in [-0.1, -0.05) is 12.1 Å². The van der Waals surface area contributed by atoms with Gasteiger partial charge in [0.15, 0.2) is 0 Å². The molecule has 4 nitrogen and oxygen atoms in total. The first-order chi connectivity index (χ1) is 10.7. The van der Waals surface area contributed by atoms with Crippen molar-refractivity contribution in [2.75, 3.05) is 0 Å². The van der Waals surface area contributed by atoms with Gasteiger partial charge in [0, 0.05) is 39.7 Å². The molecule has 0 bridgehead atoms. The van der Waals surface area contributed by atoms with Gasteiger partial charge in [-0.25, -0.2) is 0 Å². The molecule has 122 valence electrons. The van der Waals surface area contributed by atoms with Crippen molar-refractivity contribution in [1.29, 1.82) is 0 Å². The largest absolute Gasteiger partial charge is 0.481 e. The van der Waals surface area contributed by atoms with Crippen molar-refractivity contribution in [3.63, 3.8) is 0 Å². The zero-order valence-corrected chi connectivity index (χ0v) is 14.1. The fourth-order valence-electron chi connectivity index (χ4n) is 1.37. The molecular weight excluding hydrogens is 383 g/mol. The first-order valence-corrected chi connectivity index (χ1v) is 6.63. The Labute approximate surface area is 149 Å². The molecular formula is C18H17N2O2Pd-. The first kappa shape index (κ1) is 20.7. The summed E-state index contributed by atoms with van der Waals surface area (Å²) in [5.41, 5.74) is 1.83. The predicted molar refractivity (Wildman–Crippen MR) is 86.1 cm³/mol. The Morgan fingerprint density at radius 1 is 0.870 bits per heavy atom. The van der Waals surface area contributed by atoms with E-state index in [0.717, 1.165) is 18.3 Å². The molecule has 0 saturated heterocycles. The van der Waals surface area contributed by atoms with E-state index < -0.39 is 5.97 Å². The Morgan fingerprint density at radius 2 is 1.30 bits per heavy atom. The van der Waals surface area contributed by atoms with Gasteiger partial charge in [0.25, 0.3) is 5.97 Å². The normalized spacial score (nSPS) is 8.22. The van der Waals surface area contributed by atoms with Crippen LogP contribution in [0.1, 0.15) is 6.92 Å². The van der Waals surface area contributed by atoms with Gasteiger partial charge in [0.05, 0.1) is 11.4 Å². The number of aliphatic carboxylic acids is 1. The molecule has 0 atom stereocenters. The van der Waals surface area contributed by atoms with Gasteiger partial charge in [-0.2, -0.15) is 36.4 Å². The van der Waals surface area contributed by atoms with Crippen LogP contribution in [-0.2, 0) is 25.2 Å². The van der Waals surface area contributed by atoms with Crippen LogP contribution >= 0.6 is 0 Å². The van der Waals surface area contributed by atoms with Crippen molar-refractivity contribution >= 4 is 5.97 Å². The van der Waals surface area contributed by atoms with Crippen LogP contribution in [0.4, 0.5) is 0 Å². The minimum absolute atomic E-state index is 0. The third-order valence-electron chi connectivity index (χ3n) is 2.20. The number of carboxylic acid groups (broad SMARTS) is 1. The van der Waals surface area contributed by atoms with Crippen LogP contribution in [0.5, 0.6) is 0 Å². The Hall–Kier alpha value is -2.35. The van der Waals surface area contributed by atoms with Crippen LogP contribution in [0, 0.1) is 6.07 Å². The number of pyridine rings is 2. The Balaban J connectivity index is 0.000000372. The third kappa shape index (κ3) is 10.9. The number of hydrogen-bond donors (Lipinski definition) is 1. The van der Waals surface area contributed by atoms with Crippen LogP contribution in [0.15, 0.2) is 79.1 Å². The zero-order chi connectivity index (χ0) is 16.0. The van der Waals surface area contributed by atoms with Gasteiger partial charge in [-0.3, -0.25) is 14.8 Å². The molecule has 0 aliphatic heterocycles. The second kappa shape index (κ2) is 13.3. The number of aromatic nitrogens is 2. The summed E-state index contributed by atoms with van der Waals surface area (Å²) >= 11 is 0.